The Morgan fingerprint density at radius 2 is 1.88 bits per heavy atom. The Kier molecular flexibility index (Phi) is 5.85. The van der Waals surface area contributed by atoms with Crippen LogP contribution >= 0.6 is 11.8 Å². The number of thioether (sulfide) groups is 1. The molecule has 1 amide bonds. The summed E-state index contributed by atoms with van der Waals surface area (Å²) in [7, 11) is 0. The quantitative estimate of drug-likeness (QED) is 0.824. The van der Waals surface area contributed by atoms with E-state index in [1.807, 2.05) is 17.8 Å². The van der Waals surface area contributed by atoms with Gasteiger partial charge in [0, 0.05) is 30.6 Å². The number of rotatable bonds is 4. The number of amides is 1. The van der Waals surface area contributed by atoms with Crippen LogP contribution in [0.2, 0.25) is 0 Å². The Morgan fingerprint density at radius 1 is 1.04 bits per heavy atom. The van der Waals surface area contributed by atoms with Crippen molar-refractivity contribution in [1.82, 2.24) is 14.4 Å². The first-order valence-corrected chi connectivity index (χ1v) is 11.1. The topological polar surface area (TPSA) is 28.5 Å². The standard InChI is InChI=1S/C21H29N3OS/c25-21(16-23-13-9-18-7-2-3-8-20(18)23)24-12-6-14-26-17-19(24)15-22-10-4-1-5-11-22/h2-3,7-9,13,19H,1,4-6,10-12,14-17H2. The fourth-order valence-electron chi connectivity index (χ4n) is 4.26. The van der Waals surface area contributed by atoms with Crippen LogP contribution in [0, 0.1) is 0 Å². The Balaban J connectivity index is 1.47. The largest absolute Gasteiger partial charge is 0.338 e. The minimum atomic E-state index is 0.274. The molecule has 5 heteroatoms. The summed E-state index contributed by atoms with van der Waals surface area (Å²) in [6.45, 7) is 4.81. The smallest absolute Gasteiger partial charge is 0.242 e. The number of piperidine rings is 1. The third-order valence-electron chi connectivity index (χ3n) is 5.66. The van der Waals surface area contributed by atoms with Gasteiger partial charge in [-0.15, -0.1) is 0 Å². The van der Waals surface area contributed by atoms with Crippen LogP contribution in [0.5, 0.6) is 0 Å². The second-order valence-corrected chi connectivity index (χ2v) is 8.68. The SMILES string of the molecule is O=C(Cn1ccc2ccccc21)N1CCCSCC1CN1CCCCC1. The van der Waals surface area contributed by atoms with E-state index in [9.17, 15) is 4.79 Å². The van der Waals surface area contributed by atoms with Gasteiger partial charge in [-0.05, 0) is 55.6 Å². The van der Waals surface area contributed by atoms with E-state index in [-0.39, 0.29) is 5.91 Å². The van der Waals surface area contributed by atoms with Gasteiger partial charge in [-0.1, -0.05) is 24.6 Å². The van der Waals surface area contributed by atoms with Gasteiger partial charge in [0.2, 0.25) is 5.91 Å². The van der Waals surface area contributed by atoms with Gasteiger partial charge >= 0.3 is 0 Å². The van der Waals surface area contributed by atoms with Crippen molar-refractivity contribution in [3.8, 4) is 0 Å². The maximum absolute atomic E-state index is 13.2. The predicted molar refractivity (Wildman–Crippen MR) is 110 cm³/mol. The molecule has 2 saturated heterocycles. The second kappa shape index (κ2) is 8.49. The molecular weight excluding hydrogens is 342 g/mol. The van der Waals surface area contributed by atoms with E-state index in [1.165, 1.54) is 43.5 Å². The van der Waals surface area contributed by atoms with E-state index in [0.29, 0.717) is 12.6 Å². The number of carbonyl (C=O) groups excluding carboxylic acids is 1. The average molecular weight is 372 g/mol. The molecule has 0 spiro atoms. The first-order valence-electron chi connectivity index (χ1n) is 9.95. The Labute approximate surface area is 160 Å². The normalized spacial score (nSPS) is 22.5. The number of benzene rings is 1. The molecule has 0 radical (unpaired) electrons. The van der Waals surface area contributed by atoms with Crippen LogP contribution in [-0.4, -0.2) is 64.0 Å². The molecule has 26 heavy (non-hydrogen) atoms. The van der Waals surface area contributed by atoms with Gasteiger partial charge in [-0.2, -0.15) is 11.8 Å². The molecule has 2 aliphatic heterocycles. The maximum atomic E-state index is 13.2. The average Bonchev–Trinajstić information content (AvgIpc) is 2.92. The molecule has 2 aromatic rings. The Morgan fingerprint density at radius 3 is 2.77 bits per heavy atom. The zero-order valence-electron chi connectivity index (χ0n) is 15.5. The minimum absolute atomic E-state index is 0.274. The van der Waals surface area contributed by atoms with E-state index in [1.54, 1.807) is 0 Å². The van der Waals surface area contributed by atoms with Crippen molar-refractivity contribution in [2.45, 2.75) is 38.3 Å². The van der Waals surface area contributed by atoms with Crippen LogP contribution in [0.4, 0.5) is 0 Å². The summed E-state index contributed by atoms with van der Waals surface area (Å²) < 4.78 is 2.10. The number of para-hydroxylation sites is 1. The van der Waals surface area contributed by atoms with Crippen molar-refractivity contribution < 1.29 is 4.79 Å². The van der Waals surface area contributed by atoms with E-state index < -0.39 is 0 Å². The molecule has 1 aromatic carbocycles. The summed E-state index contributed by atoms with van der Waals surface area (Å²) >= 11 is 2.02. The van der Waals surface area contributed by atoms with Gasteiger partial charge in [0.05, 0.1) is 6.04 Å². The lowest BCUT2D eigenvalue weighted by atomic mass is 10.1. The predicted octanol–water partition coefficient (Wildman–Crippen LogP) is 3.46. The maximum Gasteiger partial charge on any atom is 0.242 e. The number of aromatic nitrogens is 1. The highest BCUT2D eigenvalue weighted by molar-refractivity contribution is 7.99. The number of carbonyl (C=O) groups is 1. The zero-order chi connectivity index (χ0) is 17.8. The molecule has 0 saturated carbocycles. The van der Waals surface area contributed by atoms with Gasteiger partial charge in [0.25, 0.3) is 0 Å². The minimum Gasteiger partial charge on any atom is -0.338 e. The molecule has 0 N–H and O–H groups in total. The molecule has 4 rings (SSSR count). The van der Waals surface area contributed by atoms with Gasteiger partial charge in [0.15, 0.2) is 0 Å². The van der Waals surface area contributed by atoms with E-state index in [4.69, 9.17) is 0 Å². The lowest BCUT2D eigenvalue weighted by molar-refractivity contribution is -0.134. The molecule has 1 aromatic heterocycles. The van der Waals surface area contributed by atoms with E-state index >= 15 is 0 Å². The number of fused-ring (bicyclic) bond motifs is 1. The molecule has 0 bridgehead atoms. The number of nitrogens with zero attached hydrogens (tertiary/aromatic N) is 3. The monoisotopic (exact) mass is 371 g/mol. The molecule has 1 atom stereocenters. The summed E-state index contributed by atoms with van der Waals surface area (Å²) in [5.74, 6) is 2.53. The molecule has 140 valence electrons. The first kappa shape index (κ1) is 17.9. The lowest BCUT2D eigenvalue weighted by Crippen LogP contribution is -2.49. The van der Waals surface area contributed by atoms with Crippen LogP contribution in [0.3, 0.4) is 0 Å². The lowest BCUT2D eigenvalue weighted by Gasteiger charge is -2.36. The fraction of sp³-hybridized carbons (Fsp3) is 0.571. The first-order chi connectivity index (χ1) is 12.8. The molecule has 3 heterocycles. The highest BCUT2D eigenvalue weighted by atomic mass is 32.2. The highest BCUT2D eigenvalue weighted by Crippen LogP contribution is 2.21. The molecule has 2 fully saturated rings. The molecule has 1 unspecified atom stereocenters. The zero-order valence-corrected chi connectivity index (χ0v) is 16.3. The van der Waals surface area contributed by atoms with Crippen molar-refractivity contribution in [2.75, 3.05) is 37.7 Å². The van der Waals surface area contributed by atoms with Crippen molar-refractivity contribution in [3.05, 3.63) is 36.5 Å². The third-order valence-corrected chi connectivity index (χ3v) is 6.86. The van der Waals surface area contributed by atoms with Crippen molar-refractivity contribution in [3.63, 3.8) is 0 Å². The summed E-state index contributed by atoms with van der Waals surface area (Å²) in [4.78, 5) is 18.0. The summed E-state index contributed by atoms with van der Waals surface area (Å²) in [6.07, 6.45) is 7.14. The molecule has 2 aliphatic rings. The molecule has 4 nitrogen and oxygen atoms in total. The van der Waals surface area contributed by atoms with Crippen molar-refractivity contribution in [1.29, 1.82) is 0 Å². The van der Waals surface area contributed by atoms with Crippen molar-refractivity contribution >= 4 is 28.6 Å². The third kappa shape index (κ3) is 4.09. The van der Waals surface area contributed by atoms with Crippen LogP contribution < -0.4 is 0 Å². The fourth-order valence-corrected chi connectivity index (χ4v) is 5.32. The Hall–Kier alpha value is -1.46. The molecule has 0 aliphatic carbocycles. The van der Waals surface area contributed by atoms with Crippen LogP contribution in [-0.2, 0) is 11.3 Å². The highest BCUT2D eigenvalue weighted by Gasteiger charge is 2.28. The van der Waals surface area contributed by atoms with E-state index in [0.717, 1.165) is 30.8 Å². The second-order valence-electron chi connectivity index (χ2n) is 7.53. The van der Waals surface area contributed by atoms with Gasteiger partial charge in [0.1, 0.15) is 6.54 Å². The van der Waals surface area contributed by atoms with Crippen molar-refractivity contribution in [2.24, 2.45) is 0 Å². The Bertz CT molecular complexity index is 738. The number of likely N-dealkylation sites (tertiary alicyclic amines) is 1. The molecular formula is C21H29N3OS. The van der Waals surface area contributed by atoms with Gasteiger partial charge in [-0.3, -0.25) is 4.79 Å². The van der Waals surface area contributed by atoms with E-state index in [2.05, 4.69) is 44.8 Å². The van der Waals surface area contributed by atoms with Crippen LogP contribution in [0.1, 0.15) is 25.7 Å². The number of hydrogen-bond acceptors (Lipinski definition) is 3. The summed E-state index contributed by atoms with van der Waals surface area (Å²) in [5.41, 5.74) is 1.15. The summed E-state index contributed by atoms with van der Waals surface area (Å²) in [5, 5.41) is 1.21. The van der Waals surface area contributed by atoms with Gasteiger partial charge < -0.3 is 14.4 Å². The summed E-state index contributed by atoms with van der Waals surface area (Å²) in [6, 6.07) is 10.8. The van der Waals surface area contributed by atoms with Crippen LogP contribution in [0.25, 0.3) is 10.9 Å². The van der Waals surface area contributed by atoms with Gasteiger partial charge in [-0.25, -0.2) is 0 Å². The van der Waals surface area contributed by atoms with Crippen LogP contribution in [0.15, 0.2) is 36.5 Å². The number of hydrogen-bond donors (Lipinski definition) is 0.